The lowest BCUT2D eigenvalue weighted by molar-refractivity contribution is -0.126. The number of nitrogens with one attached hydrogen (secondary N) is 1. The van der Waals surface area contributed by atoms with Crippen LogP contribution >= 0.6 is 0 Å². The van der Waals surface area contributed by atoms with Crippen LogP contribution in [0.1, 0.15) is 24.9 Å². The average Bonchev–Trinajstić information content (AvgIpc) is 3.19. The second kappa shape index (κ2) is 9.59. The van der Waals surface area contributed by atoms with Crippen molar-refractivity contribution >= 4 is 17.5 Å². The van der Waals surface area contributed by atoms with E-state index in [1.54, 1.807) is 50.5 Å². The Hall–Kier alpha value is -3.42. The Morgan fingerprint density at radius 2 is 1.61 bits per heavy atom. The molecule has 0 bridgehead atoms. The van der Waals surface area contributed by atoms with Gasteiger partial charge in [-0.25, -0.2) is 0 Å². The molecule has 1 aliphatic rings. The molecule has 3 rings (SSSR count). The van der Waals surface area contributed by atoms with E-state index in [4.69, 9.17) is 18.9 Å². The van der Waals surface area contributed by atoms with Crippen molar-refractivity contribution in [2.24, 2.45) is 5.92 Å². The molecule has 8 heteroatoms. The molecule has 0 radical (unpaired) electrons. The highest BCUT2D eigenvalue weighted by atomic mass is 16.5. The molecule has 2 atom stereocenters. The van der Waals surface area contributed by atoms with E-state index in [9.17, 15) is 9.59 Å². The first kappa shape index (κ1) is 22.3. The molecule has 2 aromatic carbocycles. The summed E-state index contributed by atoms with van der Waals surface area (Å²) in [6.45, 7) is 2.20. The molecule has 8 nitrogen and oxygen atoms in total. The highest BCUT2D eigenvalue weighted by molar-refractivity contribution is 6.00. The van der Waals surface area contributed by atoms with E-state index in [2.05, 4.69) is 5.32 Å². The summed E-state index contributed by atoms with van der Waals surface area (Å²) in [7, 11) is 6.22. The van der Waals surface area contributed by atoms with Crippen molar-refractivity contribution in [2.45, 2.75) is 19.4 Å². The van der Waals surface area contributed by atoms with Crippen molar-refractivity contribution < 1.29 is 28.5 Å². The molecule has 1 heterocycles. The van der Waals surface area contributed by atoms with Crippen LogP contribution < -0.4 is 29.2 Å². The number of carbonyl (C=O) groups excluding carboxylic acids is 2. The van der Waals surface area contributed by atoms with Gasteiger partial charge >= 0.3 is 0 Å². The van der Waals surface area contributed by atoms with Gasteiger partial charge in [-0.15, -0.1) is 0 Å². The summed E-state index contributed by atoms with van der Waals surface area (Å²) < 4.78 is 21.3. The first-order chi connectivity index (χ1) is 14.9. The lowest BCUT2D eigenvalue weighted by Crippen LogP contribution is -2.34. The van der Waals surface area contributed by atoms with Crippen LogP contribution in [0, 0.1) is 5.92 Å². The van der Waals surface area contributed by atoms with Crippen LogP contribution in [0.5, 0.6) is 23.0 Å². The lowest BCUT2D eigenvalue weighted by Gasteiger charge is -2.21. The number of rotatable bonds is 8. The number of methoxy groups -OCH3 is 4. The maximum Gasteiger partial charge on any atom is 0.227 e. The van der Waals surface area contributed by atoms with Crippen LogP contribution in [0.3, 0.4) is 0 Å². The van der Waals surface area contributed by atoms with Gasteiger partial charge in [-0.1, -0.05) is 0 Å². The van der Waals surface area contributed by atoms with Gasteiger partial charge in [0, 0.05) is 18.7 Å². The summed E-state index contributed by atoms with van der Waals surface area (Å²) in [4.78, 5) is 27.0. The minimum atomic E-state index is -0.431. The third-order valence-electron chi connectivity index (χ3n) is 5.43. The number of benzene rings is 2. The van der Waals surface area contributed by atoms with Crippen LogP contribution in [-0.4, -0.2) is 46.8 Å². The van der Waals surface area contributed by atoms with Crippen molar-refractivity contribution in [3.05, 3.63) is 42.0 Å². The topological polar surface area (TPSA) is 86.3 Å². The first-order valence-electron chi connectivity index (χ1n) is 9.96. The van der Waals surface area contributed by atoms with Gasteiger partial charge in [-0.3, -0.25) is 9.59 Å². The lowest BCUT2D eigenvalue weighted by atomic mass is 10.0. The van der Waals surface area contributed by atoms with E-state index in [-0.39, 0.29) is 24.3 Å². The standard InChI is InChI=1S/C23H28N2O6/c1-14(15-10-19(29-3)22(31-5)20(11-15)30-4)24-23(27)16-12-21(26)25(13-16)17-6-8-18(28-2)9-7-17/h6-11,14,16H,12-13H2,1-5H3,(H,24,27). The van der Waals surface area contributed by atoms with Crippen molar-refractivity contribution in [3.8, 4) is 23.0 Å². The number of amides is 2. The van der Waals surface area contributed by atoms with Gasteiger partial charge in [0.15, 0.2) is 11.5 Å². The van der Waals surface area contributed by atoms with Crippen LogP contribution in [0.4, 0.5) is 5.69 Å². The molecule has 1 saturated heterocycles. The predicted molar refractivity (Wildman–Crippen MR) is 116 cm³/mol. The zero-order chi connectivity index (χ0) is 22.5. The molecule has 0 spiro atoms. The second-order valence-electron chi connectivity index (χ2n) is 7.29. The summed E-state index contributed by atoms with van der Waals surface area (Å²) in [5, 5.41) is 3.00. The summed E-state index contributed by atoms with van der Waals surface area (Å²) in [5.41, 5.74) is 1.55. The zero-order valence-corrected chi connectivity index (χ0v) is 18.4. The van der Waals surface area contributed by atoms with E-state index in [1.807, 2.05) is 19.1 Å². The van der Waals surface area contributed by atoms with E-state index in [0.29, 0.717) is 29.5 Å². The monoisotopic (exact) mass is 428 g/mol. The van der Waals surface area contributed by atoms with Crippen molar-refractivity contribution in [2.75, 3.05) is 39.9 Å². The van der Waals surface area contributed by atoms with E-state index in [0.717, 1.165) is 11.3 Å². The predicted octanol–water partition coefficient (Wildman–Crippen LogP) is 2.95. The molecule has 0 saturated carbocycles. The van der Waals surface area contributed by atoms with Crippen LogP contribution in [0.2, 0.25) is 0 Å². The fourth-order valence-electron chi connectivity index (χ4n) is 3.66. The molecule has 1 aliphatic heterocycles. The van der Waals surface area contributed by atoms with Crippen LogP contribution in [0.15, 0.2) is 36.4 Å². The summed E-state index contributed by atoms with van der Waals surface area (Å²) >= 11 is 0. The third kappa shape index (κ3) is 4.68. The number of hydrogen-bond donors (Lipinski definition) is 1. The van der Waals surface area contributed by atoms with Crippen molar-refractivity contribution in [1.29, 1.82) is 0 Å². The Labute approximate surface area is 182 Å². The SMILES string of the molecule is COc1ccc(N2CC(C(=O)NC(C)c3cc(OC)c(OC)c(OC)c3)CC2=O)cc1. The normalized spacial score (nSPS) is 16.6. The molecule has 1 N–H and O–H groups in total. The fourth-order valence-corrected chi connectivity index (χ4v) is 3.66. The quantitative estimate of drug-likeness (QED) is 0.696. The van der Waals surface area contributed by atoms with Crippen LogP contribution in [0.25, 0.3) is 0 Å². The molecule has 166 valence electrons. The maximum absolute atomic E-state index is 12.9. The molecule has 1 fully saturated rings. The van der Waals surface area contributed by atoms with Crippen LogP contribution in [-0.2, 0) is 9.59 Å². The van der Waals surface area contributed by atoms with Gasteiger partial charge in [-0.05, 0) is 48.9 Å². The number of ether oxygens (including phenoxy) is 4. The summed E-state index contributed by atoms with van der Waals surface area (Å²) in [6, 6.07) is 10.5. The smallest absolute Gasteiger partial charge is 0.227 e. The van der Waals surface area contributed by atoms with E-state index >= 15 is 0 Å². The third-order valence-corrected chi connectivity index (χ3v) is 5.43. The van der Waals surface area contributed by atoms with Gasteiger partial charge in [0.25, 0.3) is 0 Å². The Morgan fingerprint density at radius 3 is 2.13 bits per heavy atom. The minimum absolute atomic E-state index is 0.0780. The number of carbonyl (C=O) groups is 2. The maximum atomic E-state index is 12.9. The first-order valence-corrected chi connectivity index (χ1v) is 9.96. The number of anilines is 1. The highest BCUT2D eigenvalue weighted by Crippen LogP contribution is 2.39. The Bertz CT molecular complexity index is 919. The highest BCUT2D eigenvalue weighted by Gasteiger charge is 2.35. The molecule has 2 aromatic rings. The van der Waals surface area contributed by atoms with Gasteiger partial charge in [0.2, 0.25) is 17.6 Å². The van der Waals surface area contributed by atoms with Gasteiger partial charge in [0.1, 0.15) is 5.75 Å². The molecule has 2 unspecified atom stereocenters. The molecule has 31 heavy (non-hydrogen) atoms. The summed E-state index contributed by atoms with van der Waals surface area (Å²) in [5.74, 6) is 1.54. The largest absolute Gasteiger partial charge is 0.497 e. The van der Waals surface area contributed by atoms with E-state index < -0.39 is 5.92 Å². The summed E-state index contributed by atoms with van der Waals surface area (Å²) in [6.07, 6.45) is 0.167. The van der Waals surface area contributed by atoms with Crippen molar-refractivity contribution in [1.82, 2.24) is 5.32 Å². The molecular formula is C23H28N2O6. The van der Waals surface area contributed by atoms with Gasteiger partial charge in [-0.2, -0.15) is 0 Å². The molecule has 2 amide bonds. The fraction of sp³-hybridized carbons (Fsp3) is 0.391. The van der Waals surface area contributed by atoms with Crippen molar-refractivity contribution in [3.63, 3.8) is 0 Å². The zero-order valence-electron chi connectivity index (χ0n) is 18.4. The second-order valence-corrected chi connectivity index (χ2v) is 7.29. The number of hydrogen-bond acceptors (Lipinski definition) is 6. The average molecular weight is 428 g/mol. The van der Waals surface area contributed by atoms with Gasteiger partial charge < -0.3 is 29.2 Å². The Kier molecular flexibility index (Phi) is 6.89. The van der Waals surface area contributed by atoms with E-state index in [1.165, 1.54) is 7.11 Å². The molecule has 0 aliphatic carbocycles. The van der Waals surface area contributed by atoms with Gasteiger partial charge in [0.05, 0.1) is 40.4 Å². The Balaban J connectivity index is 1.70. The Morgan fingerprint density at radius 1 is 1.00 bits per heavy atom. The molecule has 0 aromatic heterocycles. The number of nitrogens with zero attached hydrogens (tertiary/aromatic N) is 1. The minimum Gasteiger partial charge on any atom is -0.497 e. The molecular weight excluding hydrogens is 400 g/mol.